The quantitative estimate of drug-likeness (QED) is 0.0229. The van der Waals surface area contributed by atoms with E-state index < -0.39 is 67.2 Å². The maximum Gasteiger partial charge on any atom is 0.333 e. The van der Waals surface area contributed by atoms with Crippen molar-refractivity contribution in [1.29, 1.82) is 0 Å². The summed E-state index contributed by atoms with van der Waals surface area (Å²) in [5, 5.41) is 0. The van der Waals surface area contributed by atoms with Crippen molar-refractivity contribution < 1.29 is 123 Å². The maximum atomic E-state index is 14.5. The Morgan fingerprint density at radius 2 is 0.511 bits per heavy atom. The molecule has 6 rings (SSSR count). The topological polar surface area (TPSA) is 279 Å². The van der Waals surface area contributed by atoms with Gasteiger partial charge in [0.2, 0.25) is 41.1 Å². The number of methoxy groups -OCH3 is 15. The van der Waals surface area contributed by atoms with Crippen molar-refractivity contribution in [3.8, 4) is 86.2 Å². The summed E-state index contributed by atoms with van der Waals surface area (Å²) in [5.41, 5.74) is 1.83. The van der Waals surface area contributed by atoms with Gasteiger partial charge < -0.3 is 99.5 Å². The molecule has 0 spiro atoms. The molecule has 5 atom stereocenters. The van der Waals surface area contributed by atoms with E-state index in [9.17, 15) is 24.0 Å². The van der Waals surface area contributed by atoms with E-state index in [1.54, 1.807) is 36.4 Å². The second kappa shape index (κ2) is 34.2. The van der Waals surface area contributed by atoms with E-state index in [1.165, 1.54) is 161 Å². The Bertz CT molecular complexity index is 3440. The molecule has 1 fully saturated rings. The van der Waals surface area contributed by atoms with Crippen molar-refractivity contribution in [3.63, 3.8) is 0 Å². The number of rotatable bonds is 31. The van der Waals surface area contributed by atoms with Gasteiger partial charge in [-0.2, -0.15) is 0 Å². The zero-order chi connectivity index (χ0) is 67.0. The minimum Gasteiger partial charge on any atom is -0.493 e. The summed E-state index contributed by atoms with van der Waals surface area (Å²) in [7, 11) is 21.2. The summed E-state index contributed by atoms with van der Waals surface area (Å²) in [5.74, 6) is -1.66. The molecule has 0 bridgehead atoms. The predicted molar refractivity (Wildman–Crippen MR) is 331 cm³/mol. The molecule has 92 heavy (non-hydrogen) atoms. The van der Waals surface area contributed by atoms with Gasteiger partial charge in [0.1, 0.15) is 12.7 Å². The van der Waals surface area contributed by atoms with Gasteiger partial charge in [0.05, 0.1) is 107 Å². The summed E-state index contributed by atoms with van der Waals surface area (Å²) in [6.07, 6.45) is 2.03. The number of carbonyl (C=O) groups excluding carboxylic acids is 5. The van der Waals surface area contributed by atoms with E-state index in [2.05, 4.69) is 0 Å². The van der Waals surface area contributed by atoms with Gasteiger partial charge in [-0.05, 0) is 119 Å². The molecule has 0 unspecified atom stereocenters. The number of hydrogen-bond acceptors (Lipinski definition) is 26. The molecule has 26 heteroatoms. The van der Waals surface area contributed by atoms with E-state index in [0.29, 0.717) is 33.6 Å². The summed E-state index contributed by atoms with van der Waals surface area (Å²) in [6, 6.07) is 15.5. The Morgan fingerprint density at radius 1 is 0.293 bits per heavy atom. The Balaban J connectivity index is 1.52. The fourth-order valence-corrected chi connectivity index (χ4v) is 9.20. The maximum absolute atomic E-state index is 14.5. The third-order valence-corrected chi connectivity index (χ3v) is 13.5. The largest absolute Gasteiger partial charge is 0.493 e. The highest BCUT2D eigenvalue weighted by Crippen LogP contribution is 2.43. The van der Waals surface area contributed by atoms with Crippen molar-refractivity contribution in [1.82, 2.24) is 0 Å². The summed E-state index contributed by atoms with van der Waals surface area (Å²) >= 11 is 0. The second-order valence-corrected chi connectivity index (χ2v) is 18.8. The van der Waals surface area contributed by atoms with Crippen molar-refractivity contribution in [3.05, 3.63) is 119 Å². The van der Waals surface area contributed by atoms with E-state index in [4.69, 9.17) is 99.5 Å². The fourth-order valence-electron chi connectivity index (χ4n) is 9.20. The van der Waals surface area contributed by atoms with Crippen LogP contribution in [0, 0.1) is 0 Å². The molecule has 0 N–H and O–H groups in total. The molecule has 492 valence electrons. The van der Waals surface area contributed by atoms with Crippen LogP contribution in [-0.4, -0.2) is 174 Å². The van der Waals surface area contributed by atoms with Gasteiger partial charge in [-0.15, -0.1) is 0 Å². The van der Waals surface area contributed by atoms with Gasteiger partial charge in [-0.25, -0.2) is 24.0 Å². The standard InChI is InChI=1S/C66H72O26/c1-72-42-26-37(27-43(73-2)58(42)82-11)16-21-53(67)87-36-52-63(89-54(68)22-17-38-28-44(74-3)59(83-12)45(29-38)75-4)64(90-55(69)23-18-39-30-46(76-5)60(84-13)47(31-39)77-6)65(91-56(70)24-19-40-32-48(78-7)61(85-14)49(33-40)79-8)66(88-52)92-57(71)25-20-41-34-50(80-9)62(86-15)51(35-41)81-10/h16-35,52,63-66H,36H2,1-15H3/b21-16+,22-17+,23-18+,24-19+,25-20+/t52-,63+,64+,65+,66-/m1/s1. The lowest BCUT2D eigenvalue weighted by Crippen LogP contribution is -2.63. The average Bonchev–Trinajstić information content (AvgIpc) is 0.853. The van der Waals surface area contributed by atoms with Crippen LogP contribution in [0.2, 0.25) is 0 Å². The molecule has 0 amide bonds. The van der Waals surface area contributed by atoms with E-state index in [1.807, 2.05) is 0 Å². The third-order valence-electron chi connectivity index (χ3n) is 13.5. The molecule has 1 aliphatic heterocycles. The van der Waals surface area contributed by atoms with Crippen molar-refractivity contribution >= 4 is 60.2 Å². The van der Waals surface area contributed by atoms with Crippen LogP contribution in [-0.2, 0) is 52.4 Å². The van der Waals surface area contributed by atoms with Gasteiger partial charge in [0.15, 0.2) is 69.7 Å². The van der Waals surface area contributed by atoms with Crippen LogP contribution in [0.4, 0.5) is 0 Å². The van der Waals surface area contributed by atoms with Crippen LogP contribution in [0.5, 0.6) is 86.2 Å². The Morgan fingerprint density at radius 3 is 0.750 bits per heavy atom. The minimum atomic E-state index is -2.08. The summed E-state index contributed by atoms with van der Waals surface area (Å²) in [4.78, 5) is 71.4. The SMILES string of the molecule is COc1cc(/C=C/C(=O)OC[C@H]2O[C@H](OC(=O)/C=C/c3cc(OC)c(OC)c(OC)c3)[C@@H](OC(=O)/C=C/c3cc(OC)c(OC)c(OC)c3)[C@@H](OC(=O)/C=C/c3cc(OC)c(OC)c(OC)c3)[C@H]2OC(=O)/C=C/c2cc(OC)c(OC)c(OC)c2)cc(OC)c1OC. The lowest BCUT2D eigenvalue weighted by atomic mass is 9.98. The summed E-state index contributed by atoms with van der Waals surface area (Å²) in [6.45, 7) is -0.820. The monoisotopic (exact) mass is 1280 g/mol. The number of carbonyl (C=O) groups is 5. The molecule has 1 heterocycles. The molecule has 5 aromatic rings. The third kappa shape index (κ3) is 17.7. The predicted octanol–water partition coefficient (Wildman–Crippen LogP) is 8.23. The van der Waals surface area contributed by atoms with Crippen LogP contribution in [0.1, 0.15) is 27.8 Å². The molecule has 1 aliphatic rings. The molecule has 26 nitrogen and oxygen atoms in total. The fraction of sp³-hybridized carbons (Fsp3) is 0.318. The lowest BCUT2D eigenvalue weighted by Gasteiger charge is -2.43. The van der Waals surface area contributed by atoms with Crippen LogP contribution >= 0.6 is 0 Å². The van der Waals surface area contributed by atoms with Crippen molar-refractivity contribution in [2.24, 2.45) is 0 Å². The van der Waals surface area contributed by atoms with Gasteiger partial charge in [0, 0.05) is 30.4 Å². The first-order valence-corrected chi connectivity index (χ1v) is 27.5. The van der Waals surface area contributed by atoms with Crippen LogP contribution in [0.25, 0.3) is 30.4 Å². The molecule has 0 saturated carbocycles. The Labute approximate surface area is 531 Å². The minimum absolute atomic E-state index is 0.238. The number of esters is 5. The van der Waals surface area contributed by atoms with Crippen LogP contribution in [0.15, 0.2) is 91.0 Å². The molecular weight excluding hydrogens is 1210 g/mol. The van der Waals surface area contributed by atoms with Crippen molar-refractivity contribution in [2.45, 2.75) is 30.7 Å². The number of ether oxygens (including phenoxy) is 21. The van der Waals surface area contributed by atoms with Gasteiger partial charge in [-0.3, -0.25) is 0 Å². The first-order valence-electron chi connectivity index (χ1n) is 27.5. The molecule has 1 saturated heterocycles. The first kappa shape index (κ1) is 70.2. The summed E-state index contributed by atoms with van der Waals surface area (Å²) < 4.78 is 119. The highest BCUT2D eigenvalue weighted by Gasteiger charge is 2.54. The molecule has 0 aromatic heterocycles. The molecule has 0 aliphatic carbocycles. The number of hydrogen-bond donors (Lipinski definition) is 0. The van der Waals surface area contributed by atoms with E-state index in [0.717, 1.165) is 30.4 Å². The molecule has 5 aromatic carbocycles. The van der Waals surface area contributed by atoms with Crippen LogP contribution < -0.4 is 71.1 Å². The van der Waals surface area contributed by atoms with E-state index in [-0.39, 0.29) is 80.5 Å². The van der Waals surface area contributed by atoms with Crippen LogP contribution in [0.3, 0.4) is 0 Å². The highest BCUT2D eigenvalue weighted by molar-refractivity contribution is 5.91. The van der Waals surface area contributed by atoms with E-state index >= 15 is 0 Å². The van der Waals surface area contributed by atoms with Gasteiger partial charge in [-0.1, -0.05) is 0 Å². The highest BCUT2D eigenvalue weighted by atomic mass is 16.7. The first-order chi connectivity index (χ1) is 44.4. The lowest BCUT2D eigenvalue weighted by molar-refractivity contribution is -0.298. The molecule has 0 radical (unpaired) electrons. The Hall–Kier alpha value is -10.9. The average molecular weight is 1280 g/mol. The zero-order valence-electron chi connectivity index (χ0n) is 53.3. The van der Waals surface area contributed by atoms with Gasteiger partial charge in [0.25, 0.3) is 0 Å². The van der Waals surface area contributed by atoms with Gasteiger partial charge >= 0.3 is 29.8 Å². The zero-order valence-corrected chi connectivity index (χ0v) is 53.3. The normalized spacial score (nSPS) is 16.1. The molecular formula is C66H72O26. The van der Waals surface area contributed by atoms with Crippen molar-refractivity contribution in [2.75, 3.05) is 113 Å². The smallest absolute Gasteiger partial charge is 0.333 e. The second-order valence-electron chi connectivity index (χ2n) is 18.8. The number of benzene rings is 5. The Kier molecular flexibility index (Phi) is 26.1.